The van der Waals surface area contributed by atoms with E-state index in [0.29, 0.717) is 17.1 Å². The fraction of sp³-hybridized carbons (Fsp3) is 0.167. The molecule has 0 radical (unpaired) electrons. The Morgan fingerprint density at radius 1 is 1.53 bits per heavy atom. The predicted molar refractivity (Wildman–Crippen MR) is 66.3 cm³/mol. The molecule has 0 fully saturated rings. The predicted octanol–water partition coefficient (Wildman–Crippen LogP) is 3.73. The third-order valence-electron chi connectivity index (χ3n) is 2.27. The second kappa shape index (κ2) is 4.94. The molecule has 88 valence electrons. The number of aromatic nitrogens is 1. The first kappa shape index (κ1) is 12.2. The number of carbonyl (C=O) groups excluding carboxylic acids is 1. The number of halogens is 2. The minimum atomic E-state index is -0.359. The van der Waals surface area contributed by atoms with Crippen LogP contribution in [0.1, 0.15) is 28.0 Å². The van der Waals surface area contributed by atoms with E-state index >= 15 is 0 Å². The molecule has 0 bridgehead atoms. The van der Waals surface area contributed by atoms with Crippen molar-refractivity contribution in [1.29, 1.82) is 0 Å². The van der Waals surface area contributed by atoms with E-state index in [1.165, 1.54) is 30.4 Å². The van der Waals surface area contributed by atoms with Crippen LogP contribution in [-0.2, 0) is 6.42 Å². The molecule has 5 heteroatoms. The molecule has 0 spiro atoms. The number of carbonyl (C=O) groups is 1. The second-order valence-corrected chi connectivity index (χ2v) is 4.95. The van der Waals surface area contributed by atoms with E-state index in [0.717, 1.165) is 10.6 Å². The van der Waals surface area contributed by atoms with Crippen LogP contribution >= 0.6 is 22.9 Å². The van der Waals surface area contributed by atoms with E-state index in [-0.39, 0.29) is 11.6 Å². The fourth-order valence-corrected chi connectivity index (χ4v) is 2.47. The number of benzene rings is 1. The van der Waals surface area contributed by atoms with E-state index < -0.39 is 0 Å². The lowest BCUT2D eigenvalue weighted by molar-refractivity contribution is 0.101. The fourth-order valence-electron chi connectivity index (χ4n) is 1.38. The quantitative estimate of drug-likeness (QED) is 0.795. The first-order valence-electron chi connectivity index (χ1n) is 4.95. The van der Waals surface area contributed by atoms with Crippen LogP contribution in [-0.4, -0.2) is 10.8 Å². The van der Waals surface area contributed by atoms with Gasteiger partial charge < -0.3 is 0 Å². The number of hydrogen-bond donors (Lipinski definition) is 0. The molecule has 0 amide bonds. The number of Topliss-reactive ketones (excluding diaryl/α,β-unsaturated/α-hetero) is 1. The van der Waals surface area contributed by atoms with Gasteiger partial charge in [-0.2, -0.15) is 0 Å². The maximum atomic E-state index is 12.9. The molecular weight excluding hydrogens is 261 g/mol. The molecule has 17 heavy (non-hydrogen) atoms. The highest BCUT2D eigenvalue weighted by molar-refractivity contribution is 7.09. The lowest BCUT2D eigenvalue weighted by Crippen LogP contribution is -1.94. The van der Waals surface area contributed by atoms with Crippen LogP contribution in [0.3, 0.4) is 0 Å². The molecule has 0 N–H and O–H groups in total. The van der Waals surface area contributed by atoms with E-state index in [2.05, 4.69) is 4.98 Å². The van der Waals surface area contributed by atoms with Gasteiger partial charge in [-0.05, 0) is 17.7 Å². The molecule has 2 rings (SSSR count). The summed E-state index contributed by atoms with van der Waals surface area (Å²) in [7, 11) is 0. The lowest BCUT2D eigenvalue weighted by atomic mass is 10.1. The maximum absolute atomic E-state index is 12.9. The largest absolute Gasteiger partial charge is 0.293 e. The highest BCUT2D eigenvalue weighted by Crippen LogP contribution is 2.22. The first-order valence-corrected chi connectivity index (χ1v) is 6.21. The summed E-state index contributed by atoms with van der Waals surface area (Å²) in [6.45, 7) is 1.48. The van der Waals surface area contributed by atoms with E-state index in [1.807, 2.05) is 0 Å². The zero-order chi connectivity index (χ0) is 12.4. The Morgan fingerprint density at radius 2 is 2.29 bits per heavy atom. The summed E-state index contributed by atoms with van der Waals surface area (Å²) in [6.07, 6.45) is 0.511. The molecule has 0 saturated carbocycles. The molecule has 0 unspecified atom stereocenters. The Morgan fingerprint density at radius 3 is 2.88 bits per heavy atom. The Bertz CT molecular complexity index is 567. The average Bonchev–Trinajstić information content (AvgIpc) is 2.71. The van der Waals surface area contributed by atoms with Crippen molar-refractivity contribution in [2.24, 2.45) is 0 Å². The second-order valence-electron chi connectivity index (χ2n) is 3.60. The summed E-state index contributed by atoms with van der Waals surface area (Å²) < 4.78 is 12.9. The van der Waals surface area contributed by atoms with Crippen molar-refractivity contribution in [3.8, 4) is 0 Å². The van der Waals surface area contributed by atoms with Crippen molar-refractivity contribution >= 4 is 28.7 Å². The van der Waals surface area contributed by atoms with Crippen LogP contribution < -0.4 is 0 Å². The molecule has 1 aromatic heterocycles. The molecule has 1 heterocycles. The van der Waals surface area contributed by atoms with Gasteiger partial charge in [-0.3, -0.25) is 4.79 Å². The number of nitrogens with zero attached hydrogens (tertiary/aromatic N) is 1. The van der Waals surface area contributed by atoms with Crippen molar-refractivity contribution < 1.29 is 9.18 Å². The average molecular weight is 270 g/mol. The molecular formula is C12H9ClFNOS. The van der Waals surface area contributed by atoms with Gasteiger partial charge in [0.1, 0.15) is 11.5 Å². The van der Waals surface area contributed by atoms with Gasteiger partial charge in [-0.15, -0.1) is 11.3 Å². The van der Waals surface area contributed by atoms with Crippen LogP contribution in [0.25, 0.3) is 0 Å². The smallest absolute Gasteiger partial charge is 0.178 e. The summed E-state index contributed by atoms with van der Waals surface area (Å²) >= 11 is 7.32. The maximum Gasteiger partial charge on any atom is 0.178 e. The number of thiazole rings is 1. The third-order valence-corrected chi connectivity index (χ3v) is 3.47. The van der Waals surface area contributed by atoms with Crippen molar-refractivity contribution in [3.05, 3.63) is 50.7 Å². The van der Waals surface area contributed by atoms with Crippen molar-refractivity contribution in [1.82, 2.24) is 4.98 Å². The van der Waals surface area contributed by atoms with Crippen LogP contribution in [0.2, 0.25) is 5.02 Å². The topological polar surface area (TPSA) is 30.0 Å². The molecule has 2 aromatic rings. The molecule has 0 aliphatic rings. The zero-order valence-corrected chi connectivity index (χ0v) is 10.6. The standard InChI is InChI=1S/C12H9ClFNOS/c1-7(16)11-6-17-12(15-11)4-8-2-3-9(14)5-10(8)13/h2-3,5-6H,4H2,1H3. The van der Waals surface area contributed by atoms with Crippen molar-refractivity contribution in [2.45, 2.75) is 13.3 Å². The van der Waals surface area contributed by atoms with Crippen LogP contribution in [0, 0.1) is 5.82 Å². The molecule has 2 nitrogen and oxygen atoms in total. The molecule has 0 aliphatic carbocycles. The zero-order valence-electron chi connectivity index (χ0n) is 9.04. The Kier molecular flexibility index (Phi) is 3.54. The van der Waals surface area contributed by atoms with Gasteiger partial charge in [0, 0.05) is 23.7 Å². The Balaban J connectivity index is 2.22. The Hall–Kier alpha value is -1.26. The normalized spacial score (nSPS) is 10.5. The summed E-state index contributed by atoms with van der Waals surface area (Å²) in [5.41, 5.74) is 1.26. The SMILES string of the molecule is CC(=O)c1csc(Cc2ccc(F)cc2Cl)n1. The minimum absolute atomic E-state index is 0.0577. The van der Waals surface area contributed by atoms with Gasteiger partial charge >= 0.3 is 0 Å². The summed E-state index contributed by atoms with van der Waals surface area (Å²) in [6, 6.07) is 4.27. The number of ketones is 1. The highest BCUT2D eigenvalue weighted by Gasteiger charge is 2.09. The van der Waals surface area contributed by atoms with Gasteiger partial charge in [0.15, 0.2) is 5.78 Å². The van der Waals surface area contributed by atoms with Crippen LogP contribution in [0.4, 0.5) is 4.39 Å². The first-order chi connectivity index (χ1) is 8.06. The lowest BCUT2D eigenvalue weighted by Gasteiger charge is -2.01. The van der Waals surface area contributed by atoms with E-state index in [1.54, 1.807) is 11.4 Å². The van der Waals surface area contributed by atoms with Gasteiger partial charge in [0.25, 0.3) is 0 Å². The minimum Gasteiger partial charge on any atom is -0.293 e. The highest BCUT2D eigenvalue weighted by atomic mass is 35.5. The number of hydrogen-bond acceptors (Lipinski definition) is 3. The summed E-state index contributed by atoms with van der Waals surface area (Å²) in [4.78, 5) is 15.3. The van der Waals surface area contributed by atoms with Crippen LogP contribution in [0.5, 0.6) is 0 Å². The van der Waals surface area contributed by atoms with Gasteiger partial charge in [0.2, 0.25) is 0 Å². The summed E-state index contributed by atoms with van der Waals surface area (Å²) in [5, 5.41) is 2.89. The van der Waals surface area contributed by atoms with E-state index in [9.17, 15) is 9.18 Å². The van der Waals surface area contributed by atoms with Gasteiger partial charge in [-0.1, -0.05) is 17.7 Å². The van der Waals surface area contributed by atoms with Crippen LogP contribution in [0.15, 0.2) is 23.6 Å². The van der Waals surface area contributed by atoms with Gasteiger partial charge in [-0.25, -0.2) is 9.37 Å². The third kappa shape index (κ3) is 2.90. The molecule has 1 aromatic carbocycles. The molecule has 0 atom stereocenters. The van der Waals surface area contributed by atoms with E-state index in [4.69, 9.17) is 11.6 Å². The number of rotatable bonds is 3. The Labute approximate surface area is 107 Å². The molecule has 0 aliphatic heterocycles. The van der Waals surface area contributed by atoms with Crippen molar-refractivity contribution in [3.63, 3.8) is 0 Å². The summed E-state index contributed by atoms with van der Waals surface area (Å²) in [5.74, 6) is -0.417. The monoisotopic (exact) mass is 269 g/mol. The molecule has 0 saturated heterocycles. The van der Waals surface area contributed by atoms with Crippen molar-refractivity contribution in [2.75, 3.05) is 0 Å². The van der Waals surface area contributed by atoms with Gasteiger partial charge in [0.05, 0.1) is 5.01 Å².